The summed E-state index contributed by atoms with van der Waals surface area (Å²) in [5, 5.41) is 10.8. The van der Waals surface area contributed by atoms with Gasteiger partial charge in [0.2, 0.25) is 5.91 Å². The van der Waals surface area contributed by atoms with Crippen molar-refractivity contribution in [3.63, 3.8) is 0 Å². The maximum absolute atomic E-state index is 11.5. The highest BCUT2D eigenvalue weighted by molar-refractivity contribution is 5.76. The van der Waals surface area contributed by atoms with E-state index < -0.39 is 0 Å². The van der Waals surface area contributed by atoms with Crippen LogP contribution in [0.4, 0.5) is 0 Å². The maximum atomic E-state index is 11.5. The van der Waals surface area contributed by atoms with E-state index in [9.17, 15) is 4.79 Å². The zero-order chi connectivity index (χ0) is 13.7. The molecule has 5 heteroatoms. The number of carbonyl (C=O) groups excluding carboxylic acids is 1. The number of rotatable bonds is 8. The summed E-state index contributed by atoms with van der Waals surface area (Å²) < 4.78 is 2.02. The molecule has 2 N–H and O–H groups in total. The fourth-order valence-electron chi connectivity index (χ4n) is 2.13. The van der Waals surface area contributed by atoms with Crippen LogP contribution in [0.1, 0.15) is 44.0 Å². The molecular formula is C14H24N4O. The van der Waals surface area contributed by atoms with E-state index in [2.05, 4.69) is 28.7 Å². The van der Waals surface area contributed by atoms with Crippen molar-refractivity contribution < 1.29 is 4.79 Å². The third-order valence-electron chi connectivity index (χ3n) is 3.29. The largest absolute Gasteiger partial charge is 0.353 e. The minimum atomic E-state index is 0.193. The minimum Gasteiger partial charge on any atom is -0.353 e. The average Bonchev–Trinajstić information content (AvgIpc) is 3.11. The first-order valence-electron chi connectivity index (χ1n) is 7.22. The highest BCUT2D eigenvalue weighted by atomic mass is 16.1. The van der Waals surface area contributed by atoms with Gasteiger partial charge in [-0.3, -0.25) is 9.48 Å². The first kappa shape index (κ1) is 14.1. The Balaban J connectivity index is 1.59. The second-order valence-corrected chi connectivity index (χ2v) is 5.21. The van der Waals surface area contributed by atoms with E-state index in [1.165, 1.54) is 5.69 Å². The standard InChI is InChI=1S/C14H24N4O/c1-3-18-13(9-11(2)17-18)10-15-8-4-5-14(19)16-12-6-7-12/h9,12,15H,3-8,10H2,1-2H3,(H,16,19). The van der Waals surface area contributed by atoms with Gasteiger partial charge >= 0.3 is 0 Å². The van der Waals surface area contributed by atoms with Gasteiger partial charge in [0.15, 0.2) is 0 Å². The van der Waals surface area contributed by atoms with Crippen LogP contribution in [0.5, 0.6) is 0 Å². The topological polar surface area (TPSA) is 59.0 Å². The molecule has 0 unspecified atom stereocenters. The van der Waals surface area contributed by atoms with Crippen LogP contribution in [-0.4, -0.2) is 28.3 Å². The summed E-state index contributed by atoms with van der Waals surface area (Å²) in [4.78, 5) is 11.5. The molecule has 1 amide bonds. The lowest BCUT2D eigenvalue weighted by molar-refractivity contribution is -0.121. The van der Waals surface area contributed by atoms with Crippen molar-refractivity contribution in [3.05, 3.63) is 17.5 Å². The second kappa shape index (κ2) is 6.70. The molecule has 0 aromatic carbocycles. The molecule has 1 heterocycles. The molecule has 0 saturated heterocycles. The van der Waals surface area contributed by atoms with Crippen molar-refractivity contribution in [2.75, 3.05) is 6.54 Å². The van der Waals surface area contributed by atoms with Gasteiger partial charge in [-0.25, -0.2) is 0 Å². The van der Waals surface area contributed by atoms with Gasteiger partial charge in [-0.15, -0.1) is 0 Å². The number of amides is 1. The summed E-state index contributed by atoms with van der Waals surface area (Å²) in [6.07, 6.45) is 3.82. The molecule has 5 nitrogen and oxygen atoms in total. The summed E-state index contributed by atoms with van der Waals surface area (Å²) in [5.74, 6) is 0.193. The molecule has 0 spiro atoms. The Bertz CT molecular complexity index is 423. The van der Waals surface area contributed by atoms with E-state index in [0.29, 0.717) is 12.5 Å². The first-order chi connectivity index (χ1) is 9.19. The Kier molecular flexibility index (Phi) is 4.96. The third-order valence-corrected chi connectivity index (χ3v) is 3.29. The van der Waals surface area contributed by atoms with Crippen molar-refractivity contribution in [2.24, 2.45) is 0 Å². The van der Waals surface area contributed by atoms with Crippen LogP contribution in [0.25, 0.3) is 0 Å². The molecule has 2 rings (SSSR count). The van der Waals surface area contributed by atoms with E-state index in [-0.39, 0.29) is 5.91 Å². The SMILES string of the molecule is CCn1nc(C)cc1CNCCCC(=O)NC1CC1. The quantitative estimate of drug-likeness (QED) is 0.697. The molecule has 0 aliphatic heterocycles. The lowest BCUT2D eigenvalue weighted by Crippen LogP contribution is -2.26. The van der Waals surface area contributed by atoms with Gasteiger partial charge in [0.05, 0.1) is 11.4 Å². The Hall–Kier alpha value is -1.36. The van der Waals surface area contributed by atoms with Crippen LogP contribution < -0.4 is 10.6 Å². The van der Waals surface area contributed by atoms with Crippen LogP contribution in [0.15, 0.2) is 6.07 Å². The van der Waals surface area contributed by atoms with Crippen molar-refractivity contribution in [1.29, 1.82) is 0 Å². The molecule has 1 aromatic heterocycles. The number of aromatic nitrogens is 2. The maximum Gasteiger partial charge on any atom is 0.220 e. The summed E-state index contributed by atoms with van der Waals surface area (Å²) in [7, 11) is 0. The Morgan fingerprint density at radius 2 is 2.32 bits per heavy atom. The van der Waals surface area contributed by atoms with Gasteiger partial charge in [-0.05, 0) is 45.7 Å². The minimum absolute atomic E-state index is 0.193. The fourth-order valence-corrected chi connectivity index (χ4v) is 2.13. The zero-order valence-electron chi connectivity index (χ0n) is 11.9. The number of nitrogens with zero attached hydrogens (tertiary/aromatic N) is 2. The molecule has 106 valence electrons. The van der Waals surface area contributed by atoms with E-state index in [4.69, 9.17) is 0 Å². The van der Waals surface area contributed by atoms with Crippen molar-refractivity contribution in [2.45, 2.75) is 58.7 Å². The monoisotopic (exact) mass is 264 g/mol. The van der Waals surface area contributed by atoms with Gasteiger partial charge in [0.25, 0.3) is 0 Å². The van der Waals surface area contributed by atoms with E-state index in [1.54, 1.807) is 0 Å². The number of nitrogens with one attached hydrogen (secondary N) is 2. The van der Waals surface area contributed by atoms with Gasteiger partial charge in [-0.2, -0.15) is 5.10 Å². The van der Waals surface area contributed by atoms with E-state index >= 15 is 0 Å². The Morgan fingerprint density at radius 1 is 1.53 bits per heavy atom. The van der Waals surface area contributed by atoms with Gasteiger partial charge in [-0.1, -0.05) is 0 Å². The molecule has 1 aliphatic rings. The van der Waals surface area contributed by atoms with E-state index in [0.717, 1.165) is 44.6 Å². The first-order valence-corrected chi connectivity index (χ1v) is 7.22. The van der Waals surface area contributed by atoms with Crippen LogP contribution in [-0.2, 0) is 17.9 Å². The van der Waals surface area contributed by atoms with E-state index in [1.807, 2.05) is 11.6 Å². The highest BCUT2D eigenvalue weighted by Crippen LogP contribution is 2.18. The zero-order valence-corrected chi connectivity index (χ0v) is 11.9. The number of aryl methyl sites for hydroxylation is 2. The van der Waals surface area contributed by atoms with Crippen LogP contribution in [0.3, 0.4) is 0 Å². The summed E-state index contributed by atoms with van der Waals surface area (Å²) in [6, 6.07) is 2.58. The molecule has 1 saturated carbocycles. The predicted molar refractivity (Wildman–Crippen MR) is 74.7 cm³/mol. The molecule has 1 aliphatic carbocycles. The smallest absolute Gasteiger partial charge is 0.220 e. The summed E-state index contributed by atoms with van der Waals surface area (Å²) in [5.41, 5.74) is 2.27. The molecule has 0 bridgehead atoms. The van der Waals surface area contributed by atoms with Gasteiger partial charge < -0.3 is 10.6 Å². The lowest BCUT2D eigenvalue weighted by atomic mass is 10.3. The van der Waals surface area contributed by atoms with Gasteiger partial charge in [0, 0.05) is 25.6 Å². The van der Waals surface area contributed by atoms with Crippen LogP contribution in [0, 0.1) is 6.92 Å². The average molecular weight is 264 g/mol. The molecule has 0 atom stereocenters. The molecule has 0 radical (unpaired) electrons. The summed E-state index contributed by atoms with van der Waals surface area (Å²) >= 11 is 0. The predicted octanol–water partition coefficient (Wildman–Crippen LogP) is 1.36. The van der Waals surface area contributed by atoms with Gasteiger partial charge in [0.1, 0.15) is 0 Å². The number of hydrogen-bond donors (Lipinski definition) is 2. The van der Waals surface area contributed by atoms with Crippen LogP contribution in [0.2, 0.25) is 0 Å². The normalized spacial score (nSPS) is 14.6. The van der Waals surface area contributed by atoms with Crippen molar-refractivity contribution in [1.82, 2.24) is 20.4 Å². The Morgan fingerprint density at radius 3 is 3.00 bits per heavy atom. The summed E-state index contributed by atoms with van der Waals surface area (Å²) in [6.45, 7) is 6.69. The number of carbonyl (C=O) groups is 1. The van der Waals surface area contributed by atoms with Crippen molar-refractivity contribution in [3.8, 4) is 0 Å². The highest BCUT2D eigenvalue weighted by Gasteiger charge is 2.22. The second-order valence-electron chi connectivity index (χ2n) is 5.21. The fraction of sp³-hybridized carbons (Fsp3) is 0.714. The molecule has 1 aromatic rings. The molecule has 1 fully saturated rings. The molecule has 19 heavy (non-hydrogen) atoms. The lowest BCUT2D eigenvalue weighted by Gasteiger charge is -2.07. The third kappa shape index (κ3) is 4.67. The van der Waals surface area contributed by atoms with Crippen LogP contribution >= 0.6 is 0 Å². The molecular weight excluding hydrogens is 240 g/mol. The number of hydrogen-bond acceptors (Lipinski definition) is 3. The van der Waals surface area contributed by atoms with Crippen molar-refractivity contribution >= 4 is 5.91 Å². The Labute approximate surface area is 114 Å².